The van der Waals surface area contributed by atoms with Gasteiger partial charge in [-0.05, 0) is 53.5 Å². The van der Waals surface area contributed by atoms with Crippen LogP contribution in [0.1, 0.15) is 36.3 Å². The Hall–Kier alpha value is -1.20. The Bertz CT molecular complexity index is 551. The molecule has 2 aromatic heterocycles. The van der Waals surface area contributed by atoms with Gasteiger partial charge in [-0.2, -0.15) is 5.10 Å². The summed E-state index contributed by atoms with van der Waals surface area (Å²) in [5.41, 5.74) is 3.51. The van der Waals surface area contributed by atoms with E-state index in [2.05, 4.69) is 50.4 Å². The molecule has 20 heavy (non-hydrogen) atoms. The van der Waals surface area contributed by atoms with Crippen LogP contribution in [0.5, 0.6) is 0 Å². The van der Waals surface area contributed by atoms with Crippen LogP contribution in [0.2, 0.25) is 0 Å². The molecule has 0 spiro atoms. The highest BCUT2D eigenvalue weighted by Crippen LogP contribution is 2.25. The van der Waals surface area contributed by atoms with Crippen LogP contribution in [0, 0.1) is 6.92 Å². The fourth-order valence-corrected chi connectivity index (χ4v) is 2.82. The number of hydrogen-bond donors (Lipinski definition) is 1. The molecule has 0 aromatic carbocycles. The fraction of sp³-hybridized carbons (Fsp3) is 0.467. The van der Waals surface area contributed by atoms with Crippen molar-refractivity contribution < 1.29 is 0 Å². The Labute approximate surface area is 128 Å². The largest absolute Gasteiger partial charge is 0.310 e. The third kappa shape index (κ3) is 3.46. The number of aryl methyl sites for hydroxylation is 2. The lowest BCUT2D eigenvalue weighted by molar-refractivity contribution is 0.511. The van der Waals surface area contributed by atoms with E-state index >= 15 is 0 Å². The van der Waals surface area contributed by atoms with Gasteiger partial charge in [-0.3, -0.25) is 9.67 Å². The Morgan fingerprint density at radius 3 is 2.60 bits per heavy atom. The average Bonchev–Trinajstić information content (AvgIpc) is 2.70. The third-order valence-electron chi connectivity index (χ3n) is 3.41. The standard InChI is InChI=1S/C15H21BrN4/c1-4-7-18-13(12-5-8-17-9-6-12)10-14-15(16)11(2)19-20(14)3/h5-6,8-9,13,18H,4,7,10H2,1-3H3. The van der Waals surface area contributed by atoms with Gasteiger partial charge < -0.3 is 5.32 Å². The van der Waals surface area contributed by atoms with Crippen LogP contribution in [0.3, 0.4) is 0 Å². The molecular formula is C15H21BrN4. The van der Waals surface area contributed by atoms with Crippen molar-refractivity contribution in [3.05, 3.63) is 46.0 Å². The lowest BCUT2D eigenvalue weighted by Gasteiger charge is -2.19. The van der Waals surface area contributed by atoms with Gasteiger partial charge in [0.15, 0.2) is 0 Å². The van der Waals surface area contributed by atoms with Crippen molar-refractivity contribution in [2.24, 2.45) is 7.05 Å². The number of nitrogens with zero attached hydrogens (tertiary/aromatic N) is 3. The normalized spacial score (nSPS) is 12.6. The summed E-state index contributed by atoms with van der Waals surface area (Å²) >= 11 is 3.65. The molecule has 0 aliphatic carbocycles. The van der Waals surface area contributed by atoms with Crippen LogP contribution >= 0.6 is 15.9 Å². The molecule has 0 fully saturated rings. The minimum atomic E-state index is 0.282. The first-order valence-corrected chi connectivity index (χ1v) is 7.74. The summed E-state index contributed by atoms with van der Waals surface area (Å²) in [6.07, 6.45) is 5.72. The van der Waals surface area contributed by atoms with Gasteiger partial charge >= 0.3 is 0 Å². The lowest BCUT2D eigenvalue weighted by atomic mass is 10.0. The molecule has 2 aromatic rings. The Morgan fingerprint density at radius 1 is 1.35 bits per heavy atom. The van der Waals surface area contributed by atoms with Crippen molar-refractivity contribution in [1.82, 2.24) is 20.1 Å². The van der Waals surface area contributed by atoms with Crippen LogP contribution in [-0.4, -0.2) is 21.3 Å². The highest BCUT2D eigenvalue weighted by molar-refractivity contribution is 9.10. The maximum Gasteiger partial charge on any atom is 0.0738 e. The van der Waals surface area contributed by atoms with E-state index in [1.165, 1.54) is 11.3 Å². The molecule has 0 bridgehead atoms. The van der Waals surface area contributed by atoms with Crippen molar-refractivity contribution in [3.63, 3.8) is 0 Å². The van der Waals surface area contributed by atoms with E-state index in [9.17, 15) is 0 Å². The van der Waals surface area contributed by atoms with Crippen molar-refractivity contribution in [1.29, 1.82) is 0 Å². The van der Waals surface area contributed by atoms with Gasteiger partial charge in [0.1, 0.15) is 0 Å². The molecule has 1 N–H and O–H groups in total. The van der Waals surface area contributed by atoms with Crippen molar-refractivity contribution in [2.45, 2.75) is 32.7 Å². The van der Waals surface area contributed by atoms with E-state index in [1.807, 2.05) is 31.0 Å². The molecule has 2 rings (SSSR count). The van der Waals surface area contributed by atoms with E-state index in [0.29, 0.717) is 0 Å². The van der Waals surface area contributed by atoms with Crippen LogP contribution in [-0.2, 0) is 13.5 Å². The second-order valence-electron chi connectivity index (χ2n) is 4.96. The molecule has 5 heteroatoms. The predicted octanol–water partition coefficient (Wildman–Crippen LogP) is 3.17. The van der Waals surface area contributed by atoms with E-state index in [1.54, 1.807) is 0 Å². The molecule has 0 radical (unpaired) electrons. The molecule has 2 heterocycles. The van der Waals surface area contributed by atoms with Crippen LogP contribution in [0.4, 0.5) is 0 Å². The maximum atomic E-state index is 4.47. The quantitative estimate of drug-likeness (QED) is 0.880. The minimum absolute atomic E-state index is 0.282. The second kappa shape index (κ2) is 6.99. The molecule has 1 unspecified atom stereocenters. The molecule has 4 nitrogen and oxygen atoms in total. The Balaban J connectivity index is 2.24. The zero-order chi connectivity index (χ0) is 14.5. The summed E-state index contributed by atoms with van der Waals surface area (Å²) in [7, 11) is 2.00. The third-order valence-corrected chi connectivity index (χ3v) is 4.44. The van der Waals surface area contributed by atoms with Gasteiger partial charge in [0.25, 0.3) is 0 Å². The van der Waals surface area contributed by atoms with Gasteiger partial charge in [-0.15, -0.1) is 0 Å². The van der Waals surface area contributed by atoms with Crippen LogP contribution < -0.4 is 5.32 Å². The smallest absolute Gasteiger partial charge is 0.0738 e. The molecule has 0 amide bonds. The predicted molar refractivity (Wildman–Crippen MR) is 84.6 cm³/mol. The van der Waals surface area contributed by atoms with Crippen LogP contribution in [0.25, 0.3) is 0 Å². The minimum Gasteiger partial charge on any atom is -0.310 e. The fourth-order valence-electron chi connectivity index (χ4n) is 2.32. The number of nitrogens with one attached hydrogen (secondary N) is 1. The average molecular weight is 337 g/mol. The van der Waals surface area contributed by atoms with Crippen molar-refractivity contribution in [2.75, 3.05) is 6.54 Å². The van der Waals surface area contributed by atoms with E-state index in [4.69, 9.17) is 0 Å². The summed E-state index contributed by atoms with van der Waals surface area (Å²) < 4.78 is 3.07. The lowest BCUT2D eigenvalue weighted by Crippen LogP contribution is -2.25. The summed E-state index contributed by atoms with van der Waals surface area (Å²) in [4.78, 5) is 4.10. The Kier molecular flexibility index (Phi) is 5.31. The number of halogens is 1. The summed E-state index contributed by atoms with van der Waals surface area (Å²) in [5.74, 6) is 0. The van der Waals surface area contributed by atoms with Crippen molar-refractivity contribution >= 4 is 15.9 Å². The second-order valence-corrected chi connectivity index (χ2v) is 5.75. The zero-order valence-electron chi connectivity index (χ0n) is 12.2. The van der Waals surface area contributed by atoms with Crippen LogP contribution in [0.15, 0.2) is 29.0 Å². The molecular weight excluding hydrogens is 316 g/mol. The molecule has 0 aliphatic rings. The first-order chi connectivity index (χ1) is 9.63. The van der Waals surface area contributed by atoms with Gasteiger partial charge in [-0.25, -0.2) is 0 Å². The summed E-state index contributed by atoms with van der Waals surface area (Å²) in [5, 5.41) is 8.08. The Morgan fingerprint density at radius 2 is 2.05 bits per heavy atom. The molecule has 0 saturated carbocycles. The molecule has 1 atom stereocenters. The highest BCUT2D eigenvalue weighted by Gasteiger charge is 2.17. The molecule has 108 valence electrons. The summed E-state index contributed by atoms with van der Waals surface area (Å²) in [6.45, 7) is 5.21. The highest BCUT2D eigenvalue weighted by atomic mass is 79.9. The van der Waals surface area contributed by atoms with E-state index in [0.717, 1.165) is 29.6 Å². The number of rotatable bonds is 6. The first-order valence-electron chi connectivity index (χ1n) is 6.94. The SMILES string of the molecule is CCCNC(Cc1c(Br)c(C)nn1C)c1ccncc1. The molecule has 0 saturated heterocycles. The number of aromatic nitrogens is 3. The van der Waals surface area contributed by atoms with Gasteiger partial charge in [-0.1, -0.05) is 6.92 Å². The van der Waals surface area contributed by atoms with Crippen molar-refractivity contribution in [3.8, 4) is 0 Å². The zero-order valence-corrected chi connectivity index (χ0v) is 13.8. The van der Waals surface area contributed by atoms with Gasteiger partial charge in [0.2, 0.25) is 0 Å². The summed E-state index contributed by atoms with van der Waals surface area (Å²) in [6, 6.07) is 4.43. The monoisotopic (exact) mass is 336 g/mol. The first kappa shape index (κ1) is 15.2. The van der Waals surface area contributed by atoms with E-state index in [-0.39, 0.29) is 6.04 Å². The number of hydrogen-bond acceptors (Lipinski definition) is 3. The van der Waals surface area contributed by atoms with E-state index < -0.39 is 0 Å². The maximum absolute atomic E-state index is 4.47. The topological polar surface area (TPSA) is 42.7 Å². The molecule has 0 aliphatic heterocycles. The van der Waals surface area contributed by atoms with Gasteiger partial charge in [0, 0.05) is 31.9 Å². The number of pyridine rings is 1. The van der Waals surface area contributed by atoms with Gasteiger partial charge in [0.05, 0.1) is 15.9 Å².